The third-order valence-corrected chi connectivity index (χ3v) is 5.46. The number of rotatable bonds is 5. The van der Waals surface area contributed by atoms with E-state index in [-0.39, 0.29) is 29.3 Å². The lowest BCUT2D eigenvalue weighted by molar-refractivity contribution is 0.0536. The summed E-state index contributed by atoms with van der Waals surface area (Å²) < 4.78 is 23.9. The van der Waals surface area contributed by atoms with Gasteiger partial charge in [0.1, 0.15) is 18.2 Å². The van der Waals surface area contributed by atoms with Crippen molar-refractivity contribution in [3.05, 3.63) is 82.5 Å². The molecule has 0 aliphatic carbocycles. The highest BCUT2D eigenvalue weighted by molar-refractivity contribution is 6.32. The van der Waals surface area contributed by atoms with E-state index in [1.807, 2.05) is 18.2 Å². The summed E-state index contributed by atoms with van der Waals surface area (Å²) in [7, 11) is 2.06. The summed E-state index contributed by atoms with van der Waals surface area (Å²) in [5, 5.41) is 4.07. The summed E-state index contributed by atoms with van der Waals surface area (Å²) in [6.07, 6.45) is 0. The molecule has 0 bridgehead atoms. The van der Waals surface area contributed by atoms with Gasteiger partial charge in [0.05, 0.1) is 11.1 Å². The average molecular weight is 430 g/mol. The molecule has 0 spiro atoms. The molecule has 0 unspecified atom stereocenters. The summed E-state index contributed by atoms with van der Waals surface area (Å²) in [4.78, 5) is 17.0. The molecule has 1 aliphatic rings. The predicted molar refractivity (Wildman–Crippen MR) is 110 cm³/mol. The van der Waals surface area contributed by atoms with Gasteiger partial charge in [-0.05, 0) is 30.8 Å². The van der Waals surface area contributed by atoms with Gasteiger partial charge in [0.25, 0.3) is 5.91 Å². The molecule has 1 aromatic heterocycles. The zero-order chi connectivity index (χ0) is 21.1. The minimum Gasteiger partial charge on any atom is -0.484 e. The summed E-state index contributed by atoms with van der Waals surface area (Å²) in [6, 6.07) is 15.7. The molecular formula is C22H21ClFN3O3. The minimum atomic E-state index is -0.444. The van der Waals surface area contributed by atoms with Crippen molar-refractivity contribution in [2.75, 3.05) is 26.7 Å². The van der Waals surface area contributed by atoms with E-state index in [1.165, 1.54) is 23.8 Å². The Labute approximate surface area is 178 Å². The number of hydrogen-bond acceptors (Lipinski definition) is 5. The smallest absolute Gasteiger partial charge is 0.276 e. The van der Waals surface area contributed by atoms with Gasteiger partial charge in [0, 0.05) is 25.7 Å². The Morgan fingerprint density at radius 1 is 1.23 bits per heavy atom. The quantitative estimate of drug-likeness (QED) is 0.609. The van der Waals surface area contributed by atoms with Crippen LogP contribution in [0.3, 0.4) is 0 Å². The van der Waals surface area contributed by atoms with Crippen molar-refractivity contribution in [2.45, 2.75) is 12.6 Å². The van der Waals surface area contributed by atoms with Gasteiger partial charge in [0.15, 0.2) is 11.5 Å². The van der Waals surface area contributed by atoms with Gasteiger partial charge in [-0.15, -0.1) is 0 Å². The highest BCUT2D eigenvalue weighted by Crippen LogP contribution is 2.27. The molecule has 4 rings (SSSR count). The van der Waals surface area contributed by atoms with Crippen LogP contribution in [0.15, 0.2) is 59.1 Å². The lowest BCUT2D eigenvalue weighted by Gasteiger charge is -2.39. The highest BCUT2D eigenvalue weighted by Gasteiger charge is 2.30. The second-order valence-electron chi connectivity index (χ2n) is 7.20. The van der Waals surface area contributed by atoms with Crippen molar-refractivity contribution in [1.29, 1.82) is 0 Å². The van der Waals surface area contributed by atoms with Gasteiger partial charge in [-0.25, -0.2) is 4.39 Å². The zero-order valence-corrected chi connectivity index (χ0v) is 17.2. The van der Waals surface area contributed by atoms with E-state index in [4.69, 9.17) is 20.9 Å². The number of hydrogen-bond donors (Lipinski definition) is 0. The van der Waals surface area contributed by atoms with Gasteiger partial charge in [-0.1, -0.05) is 47.1 Å². The fraction of sp³-hybridized carbons (Fsp3) is 0.273. The zero-order valence-electron chi connectivity index (χ0n) is 16.4. The number of likely N-dealkylation sites (N-methyl/N-ethyl adjacent to an activating group) is 1. The number of piperazine rings is 1. The molecule has 0 radical (unpaired) electrons. The Kier molecular flexibility index (Phi) is 6.01. The van der Waals surface area contributed by atoms with Crippen LogP contribution in [0, 0.1) is 5.82 Å². The molecule has 1 amide bonds. The second-order valence-corrected chi connectivity index (χ2v) is 7.61. The maximum Gasteiger partial charge on any atom is 0.276 e. The molecule has 2 heterocycles. The van der Waals surface area contributed by atoms with Crippen LogP contribution >= 0.6 is 11.6 Å². The van der Waals surface area contributed by atoms with Crippen LogP contribution in [0.1, 0.15) is 27.9 Å². The Hall–Kier alpha value is -2.90. The lowest BCUT2D eigenvalue weighted by atomic mass is 10.0. The molecule has 1 saturated heterocycles. The molecule has 1 aliphatic heterocycles. The van der Waals surface area contributed by atoms with E-state index in [0.717, 1.165) is 6.54 Å². The predicted octanol–water partition coefficient (Wildman–Crippen LogP) is 4.18. The standard InChI is InChI=1S/C22H21ClFN3O3/c1-26-9-10-27(13-20(26)15-5-3-2-4-6-15)22(28)19-12-17(30-25-19)14-29-21-8-7-16(24)11-18(21)23/h2-8,11-12,20H,9-10,13-14H2,1H3/t20-/m0/s1. The van der Waals surface area contributed by atoms with Gasteiger partial charge < -0.3 is 14.2 Å². The van der Waals surface area contributed by atoms with E-state index in [0.29, 0.717) is 24.6 Å². The molecule has 156 valence electrons. The number of aromatic nitrogens is 1. The van der Waals surface area contributed by atoms with Crippen LogP contribution in [0.2, 0.25) is 5.02 Å². The number of ether oxygens (including phenoxy) is 1. The van der Waals surface area contributed by atoms with E-state index in [1.54, 1.807) is 11.0 Å². The Morgan fingerprint density at radius 2 is 2.03 bits per heavy atom. The highest BCUT2D eigenvalue weighted by atomic mass is 35.5. The average Bonchev–Trinajstić information content (AvgIpc) is 3.23. The molecular weight excluding hydrogens is 409 g/mol. The monoisotopic (exact) mass is 429 g/mol. The van der Waals surface area contributed by atoms with Crippen molar-refractivity contribution in [2.24, 2.45) is 0 Å². The van der Waals surface area contributed by atoms with Crippen LogP contribution < -0.4 is 4.74 Å². The maximum atomic E-state index is 13.1. The number of carbonyl (C=O) groups is 1. The third kappa shape index (κ3) is 4.47. The van der Waals surface area contributed by atoms with Crippen molar-refractivity contribution >= 4 is 17.5 Å². The first-order valence-electron chi connectivity index (χ1n) is 9.59. The summed E-state index contributed by atoms with van der Waals surface area (Å²) in [6.45, 7) is 1.98. The summed E-state index contributed by atoms with van der Waals surface area (Å²) in [5.74, 6) is 0.0827. The second kappa shape index (κ2) is 8.85. The van der Waals surface area contributed by atoms with Gasteiger partial charge in [-0.2, -0.15) is 0 Å². The lowest BCUT2D eigenvalue weighted by Crippen LogP contribution is -2.49. The largest absolute Gasteiger partial charge is 0.484 e. The SMILES string of the molecule is CN1CCN(C(=O)c2cc(COc3ccc(F)cc3Cl)on2)C[C@H]1c1ccccc1. The van der Waals surface area contributed by atoms with Crippen LogP contribution in [0.4, 0.5) is 4.39 Å². The molecule has 1 fully saturated rings. The van der Waals surface area contributed by atoms with Crippen molar-refractivity contribution < 1.29 is 18.4 Å². The molecule has 0 N–H and O–H groups in total. The first kappa shape index (κ1) is 20.4. The van der Waals surface area contributed by atoms with Crippen LogP contribution in [-0.2, 0) is 6.61 Å². The topological polar surface area (TPSA) is 58.8 Å². The van der Waals surface area contributed by atoms with Gasteiger partial charge in [0.2, 0.25) is 0 Å². The molecule has 0 saturated carbocycles. The number of nitrogens with zero attached hydrogens (tertiary/aromatic N) is 3. The molecule has 2 aromatic carbocycles. The van der Waals surface area contributed by atoms with Crippen LogP contribution in [-0.4, -0.2) is 47.5 Å². The maximum absolute atomic E-state index is 13.1. The number of halogens is 2. The van der Waals surface area contributed by atoms with Crippen LogP contribution in [0.5, 0.6) is 5.75 Å². The first-order valence-corrected chi connectivity index (χ1v) is 9.97. The van der Waals surface area contributed by atoms with E-state index in [9.17, 15) is 9.18 Å². The van der Waals surface area contributed by atoms with E-state index < -0.39 is 5.82 Å². The third-order valence-electron chi connectivity index (χ3n) is 5.16. The molecule has 8 heteroatoms. The van der Waals surface area contributed by atoms with Gasteiger partial charge in [-0.3, -0.25) is 9.69 Å². The van der Waals surface area contributed by atoms with Crippen molar-refractivity contribution in [1.82, 2.24) is 15.0 Å². The van der Waals surface area contributed by atoms with E-state index >= 15 is 0 Å². The summed E-state index contributed by atoms with van der Waals surface area (Å²) in [5.41, 5.74) is 1.40. The molecule has 3 aromatic rings. The fourth-order valence-electron chi connectivity index (χ4n) is 3.48. The Balaban J connectivity index is 1.41. The van der Waals surface area contributed by atoms with Crippen molar-refractivity contribution in [3.63, 3.8) is 0 Å². The fourth-order valence-corrected chi connectivity index (χ4v) is 3.70. The molecule has 6 nitrogen and oxygen atoms in total. The Morgan fingerprint density at radius 3 is 2.80 bits per heavy atom. The summed E-state index contributed by atoms with van der Waals surface area (Å²) >= 11 is 5.95. The normalized spacial score (nSPS) is 17.2. The molecule has 1 atom stereocenters. The first-order chi connectivity index (χ1) is 14.5. The van der Waals surface area contributed by atoms with Crippen LogP contribution in [0.25, 0.3) is 0 Å². The minimum absolute atomic E-state index is 0.0288. The van der Waals surface area contributed by atoms with E-state index in [2.05, 4.69) is 29.2 Å². The molecule has 30 heavy (non-hydrogen) atoms. The van der Waals surface area contributed by atoms with Gasteiger partial charge >= 0.3 is 0 Å². The Bertz CT molecular complexity index is 1030. The number of amides is 1. The number of benzene rings is 2. The van der Waals surface area contributed by atoms with Crippen molar-refractivity contribution in [3.8, 4) is 5.75 Å². The number of carbonyl (C=O) groups excluding carboxylic acids is 1.